The molecular weight excluding hydrogens is 278 g/mol. The van der Waals surface area contributed by atoms with Crippen molar-refractivity contribution >= 4 is 10.0 Å². The van der Waals surface area contributed by atoms with Gasteiger partial charge in [-0.1, -0.05) is 0 Å². The van der Waals surface area contributed by atoms with Crippen LogP contribution in [0.4, 0.5) is 0 Å². The van der Waals surface area contributed by atoms with Crippen LogP contribution in [0.2, 0.25) is 0 Å². The molecule has 0 radical (unpaired) electrons. The molecular formula is C13H27N3O3S. The van der Waals surface area contributed by atoms with E-state index in [0.717, 1.165) is 32.1 Å². The zero-order valence-corrected chi connectivity index (χ0v) is 13.2. The van der Waals surface area contributed by atoms with Crippen LogP contribution in [0.15, 0.2) is 0 Å². The molecule has 2 aliphatic rings. The van der Waals surface area contributed by atoms with Crippen LogP contribution in [0.25, 0.3) is 0 Å². The minimum Gasteiger partial charge on any atom is -0.374 e. The quantitative estimate of drug-likeness (QED) is 0.569. The lowest BCUT2D eigenvalue weighted by Gasteiger charge is -2.34. The van der Waals surface area contributed by atoms with Gasteiger partial charge >= 0.3 is 0 Å². The highest BCUT2D eigenvalue weighted by Crippen LogP contribution is 2.28. The highest BCUT2D eigenvalue weighted by Gasteiger charge is 2.33. The molecule has 118 valence electrons. The highest BCUT2D eigenvalue weighted by atomic mass is 32.2. The highest BCUT2D eigenvalue weighted by molar-refractivity contribution is 7.88. The van der Waals surface area contributed by atoms with Crippen molar-refractivity contribution in [1.82, 2.24) is 9.73 Å². The summed E-state index contributed by atoms with van der Waals surface area (Å²) in [6.07, 6.45) is 6.71. The van der Waals surface area contributed by atoms with Crippen LogP contribution in [0.5, 0.6) is 0 Å². The molecule has 2 fully saturated rings. The molecule has 0 aromatic rings. The van der Waals surface area contributed by atoms with Crippen molar-refractivity contribution in [2.24, 2.45) is 11.8 Å². The molecule has 6 nitrogen and oxygen atoms in total. The van der Waals surface area contributed by atoms with Gasteiger partial charge in [-0.3, -0.25) is 11.3 Å². The molecule has 0 saturated carbocycles. The number of nitrogens with one attached hydrogen (secondary N) is 1. The van der Waals surface area contributed by atoms with Gasteiger partial charge in [-0.25, -0.2) is 12.7 Å². The zero-order chi connectivity index (χ0) is 14.8. The van der Waals surface area contributed by atoms with Gasteiger partial charge in [-0.2, -0.15) is 0 Å². The van der Waals surface area contributed by atoms with Crippen LogP contribution in [0.3, 0.4) is 0 Å². The summed E-state index contributed by atoms with van der Waals surface area (Å²) in [7, 11) is -3.08. The van der Waals surface area contributed by atoms with Crippen molar-refractivity contribution in [3.8, 4) is 0 Å². The Labute approximate surface area is 122 Å². The van der Waals surface area contributed by atoms with Crippen molar-refractivity contribution in [1.29, 1.82) is 0 Å². The van der Waals surface area contributed by atoms with E-state index >= 15 is 0 Å². The molecule has 0 aromatic carbocycles. The topological polar surface area (TPSA) is 84.7 Å². The Morgan fingerprint density at radius 3 is 2.70 bits per heavy atom. The molecule has 0 aliphatic carbocycles. The first-order chi connectivity index (χ1) is 9.40. The molecule has 0 amide bonds. The molecule has 3 N–H and O–H groups in total. The lowest BCUT2D eigenvalue weighted by Crippen LogP contribution is -2.47. The summed E-state index contributed by atoms with van der Waals surface area (Å²) in [6.45, 7) is 3.34. The van der Waals surface area contributed by atoms with Crippen LogP contribution >= 0.6 is 0 Å². The lowest BCUT2D eigenvalue weighted by atomic mass is 9.90. The van der Waals surface area contributed by atoms with Gasteiger partial charge in [0.05, 0.1) is 18.5 Å². The molecule has 2 rings (SSSR count). The van der Waals surface area contributed by atoms with Gasteiger partial charge in [0.25, 0.3) is 0 Å². The third-order valence-electron chi connectivity index (χ3n) is 4.47. The van der Waals surface area contributed by atoms with Crippen LogP contribution in [-0.4, -0.2) is 50.3 Å². The first-order valence-corrected chi connectivity index (χ1v) is 9.31. The molecule has 2 aliphatic heterocycles. The number of ether oxygens (including phenoxy) is 1. The number of hydrogen-bond donors (Lipinski definition) is 2. The monoisotopic (exact) mass is 305 g/mol. The van der Waals surface area contributed by atoms with Gasteiger partial charge in [0.15, 0.2) is 0 Å². The number of hydrogen-bond acceptors (Lipinski definition) is 5. The lowest BCUT2D eigenvalue weighted by molar-refractivity contribution is 0.0240. The van der Waals surface area contributed by atoms with Crippen molar-refractivity contribution in [3.63, 3.8) is 0 Å². The van der Waals surface area contributed by atoms with E-state index in [0.29, 0.717) is 25.1 Å². The van der Waals surface area contributed by atoms with Crippen LogP contribution in [0.1, 0.15) is 39.0 Å². The predicted molar refractivity (Wildman–Crippen MR) is 78.4 cm³/mol. The van der Waals surface area contributed by atoms with E-state index in [4.69, 9.17) is 10.6 Å². The molecule has 4 atom stereocenters. The van der Waals surface area contributed by atoms with E-state index in [1.54, 1.807) is 4.31 Å². The normalized spacial score (nSPS) is 34.2. The Morgan fingerprint density at radius 2 is 2.15 bits per heavy atom. The standard InChI is InChI=1S/C13H27N3O3S/c1-10-5-6-13(19-10)12(15-14)8-11-4-3-7-16(9-11)20(2,17)18/h10-13,15H,3-9,14H2,1-2H3. The number of nitrogens with two attached hydrogens (primary N) is 1. The number of nitrogens with zero attached hydrogens (tertiary/aromatic N) is 1. The van der Waals surface area contributed by atoms with Gasteiger partial charge in [-0.05, 0) is 44.9 Å². The molecule has 0 spiro atoms. The van der Waals surface area contributed by atoms with Crippen LogP contribution in [-0.2, 0) is 14.8 Å². The summed E-state index contributed by atoms with van der Waals surface area (Å²) >= 11 is 0. The van der Waals surface area contributed by atoms with E-state index in [2.05, 4.69) is 12.3 Å². The zero-order valence-electron chi connectivity index (χ0n) is 12.4. The molecule has 0 bridgehead atoms. The number of sulfonamides is 1. The third kappa shape index (κ3) is 4.14. The molecule has 2 heterocycles. The Kier molecular flexibility index (Phi) is 5.42. The van der Waals surface area contributed by atoms with E-state index in [9.17, 15) is 8.42 Å². The minimum atomic E-state index is -3.08. The van der Waals surface area contributed by atoms with E-state index in [1.807, 2.05) is 0 Å². The minimum absolute atomic E-state index is 0.115. The fraction of sp³-hybridized carbons (Fsp3) is 1.00. The van der Waals surface area contributed by atoms with Gasteiger partial charge < -0.3 is 4.74 Å². The van der Waals surface area contributed by atoms with Crippen molar-refractivity contribution < 1.29 is 13.2 Å². The van der Waals surface area contributed by atoms with Gasteiger partial charge in [0.1, 0.15) is 0 Å². The van der Waals surface area contributed by atoms with Crippen molar-refractivity contribution in [2.75, 3.05) is 19.3 Å². The second-order valence-corrected chi connectivity index (χ2v) is 8.18. The first kappa shape index (κ1) is 16.2. The Balaban J connectivity index is 1.90. The maximum atomic E-state index is 11.6. The molecule has 4 unspecified atom stereocenters. The maximum Gasteiger partial charge on any atom is 0.211 e. The largest absolute Gasteiger partial charge is 0.374 e. The maximum absolute atomic E-state index is 11.6. The predicted octanol–water partition coefficient (Wildman–Crippen LogP) is 0.448. The summed E-state index contributed by atoms with van der Waals surface area (Å²) in [5.41, 5.74) is 2.87. The Bertz CT molecular complexity index is 415. The molecule has 0 aromatic heterocycles. The fourth-order valence-electron chi connectivity index (χ4n) is 3.34. The summed E-state index contributed by atoms with van der Waals surface area (Å²) in [6, 6.07) is 0.115. The number of piperidine rings is 1. The average Bonchev–Trinajstić information content (AvgIpc) is 2.82. The summed E-state index contributed by atoms with van der Waals surface area (Å²) in [5.74, 6) is 6.03. The van der Waals surface area contributed by atoms with Crippen molar-refractivity contribution in [3.05, 3.63) is 0 Å². The average molecular weight is 305 g/mol. The van der Waals surface area contributed by atoms with E-state index < -0.39 is 10.0 Å². The summed E-state index contributed by atoms with van der Waals surface area (Å²) < 4.78 is 30.8. The summed E-state index contributed by atoms with van der Waals surface area (Å²) in [5, 5.41) is 0. The number of rotatable bonds is 5. The second kappa shape index (κ2) is 6.70. The van der Waals surface area contributed by atoms with Gasteiger partial charge in [0.2, 0.25) is 10.0 Å². The fourth-order valence-corrected chi connectivity index (χ4v) is 4.28. The van der Waals surface area contributed by atoms with Crippen LogP contribution in [0, 0.1) is 5.92 Å². The third-order valence-corrected chi connectivity index (χ3v) is 5.74. The second-order valence-electron chi connectivity index (χ2n) is 6.20. The van der Waals surface area contributed by atoms with E-state index in [-0.39, 0.29) is 12.1 Å². The Morgan fingerprint density at radius 1 is 1.40 bits per heavy atom. The van der Waals surface area contributed by atoms with Crippen LogP contribution < -0.4 is 11.3 Å². The molecule has 7 heteroatoms. The molecule has 20 heavy (non-hydrogen) atoms. The number of hydrazine groups is 1. The Hall–Kier alpha value is -0.210. The SMILES string of the molecule is CC1CCC(C(CC2CCCN(S(C)(=O)=O)C2)NN)O1. The van der Waals surface area contributed by atoms with Gasteiger partial charge in [-0.15, -0.1) is 0 Å². The first-order valence-electron chi connectivity index (χ1n) is 7.47. The van der Waals surface area contributed by atoms with E-state index in [1.165, 1.54) is 6.26 Å². The van der Waals surface area contributed by atoms with Gasteiger partial charge in [0, 0.05) is 19.1 Å². The smallest absolute Gasteiger partial charge is 0.211 e. The summed E-state index contributed by atoms with van der Waals surface area (Å²) in [4.78, 5) is 0. The van der Waals surface area contributed by atoms with Crippen molar-refractivity contribution in [2.45, 2.75) is 57.3 Å². The molecule has 2 saturated heterocycles.